The van der Waals surface area contributed by atoms with E-state index in [0.29, 0.717) is 6.61 Å². The number of carbonyl (C=O) groups excluding carboxylic acids is 1. The zero-order valence-electron chi connectivity index (χ0n) is 18.3. The normalized spacial score (nSPS) is 10.4. The Bertz CT molecular complexity index is 218. The lowest BCUT2D eigenvalue weighted by molar-refractivity contribution is -0.107. The zero-order valence-corrected chi connectivity index (χ0v) is 18.3. The van der Waals surface area contributed by atoms with E-state index in [0.717, 1.165) is 25.5 Å². The first kappa shape index (κ1) is 27.8. The maximum atomic E-state index is 10.0. The molecular formula is C24H50O2. The highest BCUT2D eigenvalue weighted by Gasteiger charge is 1.92. The van der Waals surface area contributed by atoms with E-state index in [-0.39, 0.29) is 0 Å². The predicted octanol–water partition coefficient (Wildman–Crippen LogP) is 8.01. The Hall–Kier alpha value is -0.370. The quantitative estimate of drug-likeness (QED) is 0.174. The molecule has 0 spiro atoms. The lowest BCUT2D eigenvalue weighted by atomic mass is 10.1. The van der Waals surface area contributed by atoms with Crippen LogP contribution in [0.3, 0.4) is 0 Å². The van der Waals surface area contributed by atoms with Crippen molar-refractivity contribution in [3.05, 3.63) is 0 Å². The van der Waals surface area contributed by atoms with Crippen LogP contribution < -0.4 is 0 Å². The molecule has 0 aromatic carbocycles. The molecule has 0 aliphatic heterocycles. The number of hydrogen-bond acceptors (Lipinski definition) is 2. The molecule has 0 aromatic rings. The first-order valence-corrected chi connectivity index (χ1v) is 11.9. The van der Waals surface area contributed by atoms with Crippen LogP contribution >= 0.6 is 0 Å². The third-order valence-corrected chi connectivity index (χ3v) is 4.94. The molecule has 0 saturated heterocycles. The van der Waals surface area contributed by atoms with E-state index in [1.807, 2.05) is 0 Å². The summed E-state index contributed by atoms with van der Waals surface area (Å²) in [5.41, 5.74) is 0. The molecule has 0 saturated carbocycles. The second kappa shape index (κ2) is 29.4. The van der Waals surface area contributed by atoms with Gasteiger partial charge in [0, 0.05) is 13.0 Å². The van der Waals surface area contributed by atoms with E-state index in [4.69, 9.17) is 5.11 Å². The van der Waals surface area contributed by atoms with Crippen molar-refractivity contribution in [3.8, 4) is 0 Å². The number of carbonyl (C=O) groups is 1. The minimum absolute atomic E-state index is 0.372. The lowest BCUT2D eigenvalue weighted by Crippen LogP contribution is -1.84. The Morgan fingerprint density at radius 2 is 0.808 bits per heavy atom. The lowest BCUT2D eigenvalue weighted by Gasteiger charge is -2.00. The van der Waals surface area contributed by atoms with E-state index in [1.165, 1.54) is 109 Å². The summed E-state index contributed by atoms with van der Waals surface area (Å²) in [7, 11) is 0. The van der Waals surface area contributed by atoms with E-state index in [2.05, 4.69) is 13.8 Å². The molecule has 2 nitrogen and oxygen atoms in total. The second-order valence-corrected chi connectivity index (χ2v) is 7.69. The van der Waals surface area contributed by atoms with Gasteiger partial charge in [0.1, 0.15) is 6.29 Å². The highest BCUT2D eigenvalue weighted by molar-refractivity contribution is 5.48. The van der Waals surface area contributed by atoms with Gasteiger partial charge >= 0.3 is 0 Å². The molecule has 0 atom stereocenters. The van der Waals surface area contributed by atoms with Crippen molar-refractivity contribution in [2.24, 2.45) is 0 Å². The molecule has 1 N–H and O–H groups in total. The standard InChI is InChI=1S/C12H26O.C12H24O/c2*1-2-3-4-5-6-7-8-9-10-11-12-13/h13H,2-12H2,1H3;12H,2-11H2,1H3. The van der Waals surface area contributed by atoms with Crippen LogP contribution in [0.2, 0.25) is 0 Å². The molecule has 0 aliphatic rings. The monoisotopic (exact) mass is 370 g/mol. The number of aliphatic hydroxyl groups excluding tert-OH is 1. The van der Waals surface area contributed by atoms with Crippen LogP contribution in [0.4, 0.5) is 0 Å². The Kier molecular flexibility index (Phi) is 31.5. The molecule has 0 bridgehead atoms. The van der Waals surface area contributed by atoms with E-state index < -0.39 is 0 Å². The molecule has 2 heteroatoms. The van der Waals surface area contributed by atoms with Gasteiger partial charge in [-0.15, -0.1) is 0 Å². The van der Waals surface area contributed by atoms with Gasteiger partial charge in [0.15, 0.2) is 0 Å². The molecule has 0 aliphatic carbocycles. The maximum Gasteiger partial charge on any atom is 0.119 e. The van der Waals surface area contributed by atoms with Gasteiger partial charge in [-0.2, -0.15) is 0 Å². The minimum atomic E-state index is 0.372. The summed E-state index contributed by atoms with van der Waals surface area (Å²) in [5, 5.41) is 8.57. The number of hydrogen-bond donors (Lipinski definition) is 1. The molecule has 26 heavy (non-hydrogen) atoms. The van der Waals surface area contributed by atoms with Crippen molar-refractivity contribution < 1.29 is 9.90 Å². The molecule has 0 unspecified atom stereocenters. The summed E-state index contributed by atoms with van der Waals surface area (Å²) in [6.45, 7) is 4.88. The predicted molar refractivity (Wildman–Crippen MR) is 117 cm³/mol. The Morgan fingerprint density at radius 1 is 0.500 bits per heavy atom. The van der Waals surface area contributed by atoms with Crippen LogP contribution in [0.5, 0.6) is 0 Å². The van der Waals surface area contributed by atoms with Gasteiger partial charge in [-0.1, -0.05) is 123 Å². The zero-order chi connectivity index (χ0) is 19.6. The molecule has 158 valence electrons. The Morgan fingerprint density at radius 3 is 1.12 bits per heavy atom. The van der Waals surface area contributed by atoms with Crippen LogP contribution in [0, 0.1) is 0 Å². The van der Waals surface area contributed by atoms with Crippen molar-refractivity contribution in [1.82, 2.24) is 0 Å². The number of unbranched alkanes of at least 4 members (excludes halogenated alkanes) is 18. The van der Waals surface area contributed by atoms with Gasteiger partial charge in [-0.25, -0.2) is 0 Å². The number of aldehydes is 1. The van der Waals surface area contributed by atoms with Gasteiger partial charge in [-0.3, -0.25) is 0 Å². The molecule has 0 aromatic heterocycles. The second-order valence-electron chi connectivity index (χ2n) is 7.69. The fourth-order valence-electron chi connectivity index (χ4n) is 3.14. The van der Waals surface area contributed by atoms with Gasteiger partial charge in [0.25, 0.3) is 0 Å². The summed E-state index contributed by atoms with van der Waals surface area (Å²) in [4.78, 5) is 10.0. The first-order chi connectivity index (χ1) is 12.8. The van der Waals surface area contributed by atoms with E-state index in [1.54, 1.807) is 0 Å². The van der Waals surface area contributed by atoms with Gasteiger partial charge in [0.2, 0.25) is 0 Å². The van der Waals surface area contributed by atoms with Crippen molar-refractivity contribution in [3.63, 3.8) is 0 Å². The minimum Gasteiger partial charge on any atom is -0.396 e. The largest absolute Gasteiger partial charge is 0.396 e. The molecule has 0 amide bonds. The van der Waals surface area contributed by atoms with Crippen molar-refractivity contribution in [2.75, 3.05) is 6.61 Å². The van der Waals surface area contributed by atoms with Crippen molar-refractivity contribution >= 4 is 6.29 Å². The van der Waals surface area contributed by atoms with Crippen molar-refractivity contribution in [1.29, 1.82) is 0 Å². The van der Waals surface area contributed by atoms with Crippen molar-refractivity contribution in [2.45, 2.75) is 142 Å². The van der Waals surface area contributed by atoms with E-state index >= 15 is 0 Å². The molecule has 0 radical (unpaired) electrons. The smallest absolute Gasteiger partial charge is 0.119 e. The van der Waals surface area contributed by atoms with E-state index in [9.17, 15) is 4.79 Å². The van der Waals surface area contributed by atoms with Crippen LogP contribution in [0.15, 0.2) is 0 Å². The summed E-state index contributed by atoms with van der Waals surface area (Å²) in [6, 6.07) is 0. The van der Waals surface area contributed by atoms with Crippen LogP contribution in [-0.4, -0.2) is 18.0 Å². The summed E-state index contributed by atoms with van der Waals surface area (Å²) in [5.74, 6) is 0. The molecular weight excluding hydrogens is 320 g/mol. The fourth-order valence-corrected chi connectivity index (χ4v) is 3.14. The average Bonchev–Trinajstić information content (AvgIpc) is 2.66. The highest BCUT2D eigenvalue weighted by Crippen LogP contribution is 2.10. The average molecular weight is 371 g/mol. The number of rotatable bonds is 20. The highest BCUT2D eigenvalue weighted by atomic mass is 16.2. The summed E-state index contributed by atoms with van der Waals surface area (Å²) >= 11 is 0. The SMILES string of the molecule is CCCCCCCCCCCC=O.CCCCCCCCCCCCO. The first-order valence-electron chi connectivity index (χ1n) is 11.9. The van der Waals surface area contributed by atoms with Gasteiger partial charge in [-0.05, 0) is 12.8 Å². The fraction of sp³-hybridized carbons (Fsp3) is 0.958. The van der Waals surface area contributed by atoms with Crippen LogP contribution in [0.1, 0.15) is 142 Å². The maximum absolute atomic E-state index is 10.0. The Labute approximate surface area is 165 Å². The van der Waals surface area contributed by atoms with Crippen LogP contribution in [-0.2, 0) is 4.79 Å². The third-order valence-electron chi connectivity index (χ3n) is 4.94. The summed E-state index contributed by atoms with van der Waals surface area (Å²) < 4.78 is 0. The molecule has 0 fully saturated rings. The van der Waals surface area contributed by atoms with Gasteiger partial charge in [0.05, 0.1) is 0 Å². The summed E-state index contributed by atoms with van der Waals surface area (Å²) in [6.07, 6.45) is 27.0. The van der Waals surface area contributed by atoms with Gasteiger partial charge < -0.3 is 9.90 Å². The number of aliphatic hydroxyl groups is 1. The molecule has 0 rings (SSSR count). The Balaban J connectivity index is 0. The topological polar surface area (TPSA) is 37.3 Å². The molecule has 0 heterocycles. The van der Waals surface area contributed by atoms with Crippen LogP contribution in [0.25, 0.3) is 0 Å². The third kappa shape index (κ3) is 31.4.